The van der Waals surface area contributed by atoms with Crippen LogP contribution in [0.25, 0.3) is 0 Å². The van der Waals surface area contributed by atoms with E-state index in [-0.39, 0.29) is 33.8 Å². The number of hydrogen-bond acceptors (Lipinski definition) is 4. The Balaban J connectivity index is 2.71. The molecule has 110 valence electrons. The maximum atomic E-state index is 11.8. The average molecular weight is 319 g/mol. The number of likely N-dealkylation sites (N-methyl/N-ethyl adjacent to an activating group) is 1. The van der Waals surface area contributed by atoms with Gasteiger partial charge in [-0.1, -0.05) is 23.2 Å². The molecule has 1 aromatic carbocycles. The molecule has 1 aromatic rings. The van der Waals surface area contributed by atoms with Crippen molar-refractivity contribution < 1.29 is 14.3 Å². The second-order valence-electron chi connectivity index (χ2n) is 4.00. The van der Waals surface area contributed by atoms with E-state index in [1.807, 2.05) is 13.8 Å². The van der Waals surface area contributed by atoms with Crippen LogP contribution in [-0.2, 0) is 9.53 Å². The molecule has 0 heterocycles. The minimum atomic E-state index is -0.671. The Morgan fingerprint density at radius 2 is 1.85 bits per heavy atom. The van der Waals surface area contributed by atoms with Crippen LogP contribution in [0.2, 0.25) is 10.0 Å². The van der Waals surface area contributed by atoms with Crippen molar-refractivity contribution in [3.63, 3.8) is 0 Å². The number of carbonyl (C=O) groups is 2. The summed E-state index contributed by atoms with van der Waals surface area (Å²) in [5, 5.41) is 0.344. The lowest BCUT2D eigenvalue weighted by Crippen LogP contribution is -2.34. The van der Waals surface area contributed by atoms with E-state index in [4.69, 9.17) is 33.7 Å². The highest BCUT2D eigenvalue weighted by Crippen LogP contribution is 2.29. The molecule has 0 bridgehead atoms. The molecule has 0 aliphatic heterocycles. The first-order valence-electron chi connectivity index (χ1n) is 6.10. The van der Waals surface area contributed by atoms with Gasteiger partial charge in [-0.05, 0) is 26.0 Å². The van der Waals surface area contributed by atoms with Crippen molar-refractivity contribution in [2.45, 2.75) is 13.8 Å². The number of anilines is 1. The molecule has 0 aliphatic carbocycles. The second kappa shape index (κ2) is 7.36. The molecule has 0 atom stereocenters. The molecule has 0 spiro atoms. The maximum Gasteiger partial charge on any atom is 0.338 e. The number of rotatable bonds is 5. The summed E-state index contributed by atoms with van der Waals surface area (Å²) in [5.41, 5.74) is 5.95. The SMILES string of the molecule is CCN(CC)C(=O)COC(=O)c1cc(N)c(Cl)c(Cl)c1. The van der Waals surface area contributed by atoms with Gasteiger partial charge in [-0.25, -0.2) is 4.79 Å². The zero-order valence-electron chi connectivity index (χ0n) is 11.3. The molecule has 0 radical (unpaired) electrons. The van der Waals surface area contributed by atoms with Gasteiger partial charge < -0.3 is 15.4 Å². The molecule has 7 heteroatoms. The zero-order chi connectivity index (χ0) is 15.3. The van der Waals surface area contributed by atoms with E-state index in [0.29, 0.717) is 13.1 Å². The lowest BCUT2D eigenvalue weighted by atomic mass is 10.2. The Morgan fingerprint density at radius 1 is 1.25 bits per heavy atom. The van der Waals surface area contributed by atoms with Gasteiger partial charge in [0, 0.05) is 13.1 Å². The number of ether oxygens (including phenoxy) is 1. The van der Waals surface area contributed by atoms with Crippen LogP contribution in [-0.4, -0.2) is 36.5 Å². The predicted octanol–water partition coefficient (Wildman–Crippen LogP) is 2.60. The molecular weight excluding hydrogens is 303 g/mol. The van der Waals surface area contributed by atoms with Crippen molar-refractivity contribution in [1.82, 2.24) is 4.90 Å². The van der Waals surface area contributed by atoms with E-state index in [1.165, 1.54) is 12.1 Å². The van der Waals surface area contributed by atoms with Gasteiger partial charge in [-0.3, -0.25) is 4.79 Å². The highest BCUT2D eigenvalue weighted by atomic mass is 35.5. The van der Waals surface area contributed by atoms with Gasteiger partial charge in [0.15, 0.2) is 6.61 Å². The number of nitrogens with two attached hydrogens (primary N) is 1. The Labute approximate surface area is 127 Å². The summed E-state index contributed by atoms with van der Waals surface area (Å²) in [5.74, 6) is -0.924. The van der Waals surface area contributed by atoms with Crippen LogP contribution in [0.1, 0.15) is 24.2 Å². The molecule has 1 amide bonds. The molecule has 0 unspecified atom stereocenters. The summed E-state index contributed by atoms with van der Waals surface area (Å²) in [6.07, 6.45) is 0. The maximum absolute atomic E-state index is 11.8. The first kappa shape index (κ1) is 16.6. The van der Waals surface area contributed by atoms with E-state index in [0.717, 1.165) is 0 Å². The third kappa shape index (κ3) is 4.02. The summed E-state index contributed by atoms with van der Waals surface area (Å²) in [4.78, 5) is 25.1. The van der Waals surface area contributed by atoms with Gasteiger partial charge in [0.25, 0.3) is 5.91 Å². The van der Waals surface area contributed by atoms with Crippen LogP contribution < -0.4 is 5.73 Å². The number of nitrogen functional groups attached to an aromatic ring is 1. The summed E-state index contributed by atoms with van der Waals surface area (Å²) in [7, 11) is 0. The monoisotopic (exact) mass is 318 g/mol. The van der Waals surface area contributed by atoms with Crippen LogP contribution in [0.3, 0.4) is 0 Å². The number of hydrogen-bond donors (Lipinski definition) is 1. The number of carbonyl (C=O) groups excluding carboxylic acids is 2. The Morgan fingerprint density at radius 3 is 2.35 bits per heavy atom. The fourth-order valence-electron chi connectivity index (χ4n) is 1.61. The second-order valence-corrected chi connectivity index (χ2v) is 4.79. The first-order chi connectivity index (χ1) is 9.40. The number of amides is 1. The van der Waals surface area contributed by atoms with E-state index in [1.54, 1.807) is 4.90 Å². The minimum absolute atomic E-state index is 0.157. The highest BCUT2D eigenvalue weighted by molar-refractivity contribution is 6.43. The normalized spacial score (nSPS) is 10.2. The van der Waals surface area contributed by atoms with Gasteiger partial charge in [0.1, 0.15) is 0 Å². The topological polar surface area (TPSA) is 72.6 Å². The average Bonchev–Trinajstić information content (AvgIpc) is 2.42. The Hall–Kier alpha value is -1.46. The molecule has 5 nitrogen and oxygen atoms in total. The van der Waals surface area contributed by atoms with Crippen molar-refractivity contribution in [3.05, 3.63) is 27.7 Å². The van der Waals surface area contributed by atoms with Crippen molar-refractivity contribution in [2.75, 3.05) is 25.4 Å². The third-order valence-corrected chi connectivity index (χ3v) is 3.55. The van der Waals surface area contributed by atoms with Crippen molar-refractivity contribution in [3.8, 4) is 0 Å². The minimum Gasteiger partial charge on any atom is -0.452 e. The molecule has 0 saturated heterocycles. The van der Waals surface area contributed by atoms with E-state index in [2.05, 4.69) is 0 Å². The smallest absolute Gasteiger partial charge is 0.338 e. The van der Waals surface area contributed by atoms with E-state index >= 15 is 0 Å². The molecule has 1 rings (SSSR count). The summed E-state index contributed by atoms with van der Waals surface area (Å²) < 4.78 is 4.94. The molecule has 0 fully saturated rings. The number of benzene rings is 1. The van der Waals surface area contributed by atoms with Gasteiger partial charge in [0.2, 0.25) is 0 Å². The number of halogens is 2. The highest BCUT2D eigenvalue weighted by Gasteiger charge is 2.16. The van der Waals surface area contributed by atoms with E-state index in [9.17, 15) is 9.59 Å². The number of nitrogens with zero attached hydrogens (tertiary/aromatic N) is 1. The summed E-state index contributed by atoms with van der Waals surface area (Å²) in [6, 6.07) is 2.71. The molecule has 20 heavy (non-hydrogen) atoms. The number of esters is 1. The lowest BCUT2D eigenvalue weighted by Gasteiger charge is -2.18. The zero-order valence-corrected chi connectivity index (χ0v) is 12.8. The van der Waals surface area contributed by atoms with Crippen LogP contribution in [0.15, 0.2) is 12.1 Å². The van der Waals surface area contributed by atoms with Gasteiger partial charge >= 0.3 is 5.97 Å². The molecule has 0 aromatic heterocycles. The van der Waals surface area contributed by atoms with Gasteiger partial charge in [-0.15, -0.1) is 0 Å². The standard InChI is InChI=1S/C13H16Cl2N2O3/c1-3-17(4-2)11(18)7-20-13(19)8-5-9(14)12(15)10(16)6-8/h5-6H,3-4,7,16H2,1-2H3. The first-order valence-corrected chi connectivity index (χ1v) is 6.85. The van der Waals surface area contributed by atoms with Gasteiger partial charge in [-0.2, -0.15) is 0 Å². The van der Waals surface area contributed by atoms with E-state index < -0.39 is 5.97 Å². The quantitative estimate of drug-likeness (QED) is 0.669. The van der Waals surface area contributed by atoms with Crippen LogP contribution in [0.4, 0.5) is 5.69 Å². The van der Waals surface area contributed by atoms with Crippen LogP contribution in [0, 0.1) is 0 Å². The summed E-state index contributed by atoms with van der Waals surface area (Å²) >= 11 is 11.6. The largest absolute Gasteiger partial charge is 0.452 e. The fraction of sp³-hybridized carbons (Fsp3) is 0.385. The Bertz CT molecular complexity index is 493. The van der Waals surface area contributed by atoms with Gasteiger partial charge in [0.05, 0.1) is 21.3 Å². The fourth-order valence-corrected chi connectivity index (χ4v) is 1.94. The Kier molecular flexibility index (Phi) is 6.10. The third-order valence-electron chi connectivity index (χ3n) is 2.73. The predicted molar refractivity (Wildman–Crippen MR) is 79.1 cm³/mol. The molecular formula is C13H16Cl2N2O3. The van der Waals surface area contributed by atoms with Crippen molar-refractivity contribution in [2.24, 2.45) is 0 Å². The molecule has 0 saturated carbocycles. The van der Waals surface area contributed by atoms with Crippen LogP contribution in [0.5, 0.6) is 0 Å². The summed E-state index contributed by atoms with van der Waals surface area (Å²) in [6.45, 7) is 4.51. The van der Waals surface area contributed by atoms with Crippen molar-refractivity contribution >= 4 is 40.8 Å². The van der Waals surface area contributed by atoms with Crippen molar-refractivity contribution in [1.29, 1.82) is 0 Å². The van der Waals surface area contributed by atoms with Crippen LogP contribution >= 0.6 is 23.2 Å². The lowest BCUT2D eigenvalue weighted by molar-refractivity contribution is -0.134. The molecule has 2 N–H and O–H groups in total. The molecule has 0 aliphatic rings.